The second-order valence-electron chi connectivity index (χ2n) is 7.09. The summed E-state index contributed by atoms with van der Waals surface area (Å²) in [5.74, 6) is -0.210. The van der Waals surface area contributed by atoms with Crippen molar-refractivity contribution in [1.82, 2.24) is 14.1 Å². The van der Waals surface area contributed by atoms with Crippen molar-refractivity contribution in [2.45, 2.75) is 12.8 Å². The summed E-state index contributed by atoms with van der Waals surface area (Å²) >= 11 is 6.08. The van der Waals surface area contributed by atoms with Gasteiger partial charge in [0, 0.05) is 50.0 Å². The van der Waals surface area contributed by atoms with Crippen molar-refractivity contribution in [2.75, 3.05) is 57.4 Å². The zero-order valence-electron chi connectivity index (χ0n) is 15.9. The van der Waals surface area contributed by atoms with E-state index in [1.54, 1.807) is 28.0 Å². The van der Waals surface area contributed by atoms with E-state index in [0.29, 0.717) is 42.5 Å². The Bertz CT molecular complexity index is 847. The normalized spacial score (nSPS) is 18.4. The first-order chi connectivity index (χ1) is 13.3. The Hall–Kier alpha value is -1.84. The van der Waals surface area contributed by atoms with E-state index in [4.69, 9.17) is 11.6 Å². The molecule has 3 rings (SSSR count). The van der Waals surface area contributed by atoms with Gasteiger partial charge in [-0.25, -0.2) is 8.42 Å². The van der Waals surface area contributed by atoms with Crippen LogP contribution in [0.4, 0.5) is 5.69 Å². The van der Waals surface area contributed by atoms with Crippen LogP contribution in [0.1, 0.15) is 23.2 Å². The number of halogens is 1. The molecule has 2 amide bonds. The first-order valence-corrected chi connectivity index (χ1v) is 11.5. The molecule has 2 heterocycles. The van der Waals surface area contributed by atoms with Gasteiger partial charge in [-0.3, -0.25) is 9.59 Å². The van der Waals surface area contributed by atoms with Crippen LogP contribution in [-0.2, 0) is 14.8 Å². The number of sulfonamides is 1. The number of hydrogen-bond donors (Lipinski definition) is 1. The van der Waals surface area contributed by atoms with Gasteiger partial charge in [-0.05, 0) is 31.0 Å². The number of piperazine rings is 1. The van der Waals surface area contributed by atoms with Gasteiger partial charge >= 0.3 is 0 Å². The van der Waals surface area contributed by atoms with Crippen molar-refractivity contribution in [3.05, 3.63) is 28.8 Å². The van der Waals surface area contributed by atoms with E-state index in [0.717, 1.165) is 25.9 Å². The third-order valence-corrected chi connectivity index (χ3v) is 6.63. The van der Waals surface area contributed by atoms with Gasteiger partial charge in [0.25, 0.3) is 5.91 Å². The van der Waals surface area contributed by atoms with E-state index in [9.17, 15) is 18.0 Å². The molecule has 0 saturated carbocycles. The summed E-state index contributed by atoms with van der Waals surface area (Å²) in [4.78, 5) is 28.7. The minimum atomic E-state index is -3.24. The number of carbonyl (C=O) groups is 2. The maximum Gasteiger partial charge on any atom is 0.255 e. The molecule has 2 fully saturated rings. The van der Waals surface area contributed by atoms with Gasteiger partial charge in [-0.2, -0.15) is 4.31 Å². The summed E-state index contributed by atoms with van der Waals surface area (Å²) in [7, 11) is -3.24. The molecule has 2 aliphatic heterocycles. The van der Waals surface area contributed by atoms with Gasteiger partial charge in [0.05, 0.1) is 18.4 Å². The van der Waals surface area contributed by atoms with Crippen LogP contribution in [0.25, 0.3) is 0 Å². The van der Waals surface area contributed by atoms with Crippen molar-refractivity contribution < 1.29 is 18.0 Å². The molecule has 28 heavy (non-hydrogen) atoms. The Balaban J connectivity index is 1.62. The molecule has 0 bridgehead atoms. The molecule has 154 valence electrons. The molecule has 0 atom stereocenters. The Morgan fingerprint density at radius 3 is 2.29 bits per heavy atom. The predicted molar refractivity (Wildman–Crippen MR) is 108 cm³/mol. The Kier molecular flexibility index (Phi) is 6.47. The van der Waals surface area contributed by atoms with E-state index in [-0.39, 0.29) is 18.4 Å². The summed E-state index contributed by atoms with van der Waals surface area (Å²) in [5, 5.41) is 3.52. The number of benzene rings is 1. The van der Waals surface area contributed by atoms with Gasteiger partial charge in [-0.1, -0.05) is 11.6 Å². The van der Waals surface area contributed by atoms with Gasteiger partial charge in [0.1, 0.15) is 0 Å². The minimum Gasteiger partial charge on any atom is -0.375 e. The lowest BCUT2D eigenvalue weighted by atomic mass is 10.1. The third-order valence-electron chi connectivity index (χ3n) is 5.10. The highest BCUT2D eigenvalue weighted by Crippen LogP contribution is 2.24. The second kappa shape index (κ2) is 8.67. The van der Waals surface area contributed by atoms with Gasteiger partial charge < -0.3 is 15.1 Å². The van der Waals surface area contributed by atoms with Crippen molar-refractivity contribution >= 4 is 39.1 Å². The maximum atomic E-state index is 12.7. The van der Waals surface area contributed by atoms with E-state index >= 15 is 0 Å². The van der Waals surface area contributed by atoms with Crippen molar-refractivity contribution in [3.8, 4) is 0 Å². The average Bonchev–Trinajstić information content (AvgIpc) is 3.20. The molecule has 1 N–H and O–H groups in total. The number of nitrogens with zero attached hydrogens (tertiary/aromatic N) is 3. The van der Waals surface area contributed by atoms with Crippen LogP contribution in [0.3, 0.4) is 0 Å². The average molecular weight is 429 g/mol. The maximum absolute atomic E-state index is 12.7. The zero-order valence-corrected chi connectivity index (χ0v) is 17.4. The third kappa shape index (κ3) is 4.95. The summed E-state index contributed by atoms with van der Waals surface area (Å²) < 4.78 is 24.5. The van der Waals surface area contributed by atoms with Crippen molar-refractivity contribution in [2.24, 2.45) is 0 Å². The molecule has 0 radical (unpaired) electrons. The fourth-order valence-electron chi connectivity index (χ4n) is 3.49. The molecule has 0 spiro atoms. The van der Waals surface area contributed by atoms with E-state index in [1.807, 2.05) is 0 Å². The monoisotopic (exact) mass is 428 g/mol. The van der Waals surface area contributed by atoms with Crippen LogP contribution in [0.5, 0.6) is 0 Å². The zero-order chi connectivity index (χ0) is 20.3. The molecule has 2 aliphatic rings. The predicted octanol–water partition coefficient (Wildman–Crippen LogP) is 1.09. The Labute approximate surface area is 170 Å². The molecule has 10 heteroatoms. The van der Waals surface area contributed by atoms with Crippen molar-refractivity contribution in [1.29, 1.82) is 0 Å². The van der Waals surface area contributed by atoms with Crippen LogP contribution in [0, 0.1) is 0 Å². The lowest BCUT2D eigenvalue weighted by Crippen LogP contribution is -2.51. The Morgan fingerprint density at radius 1 is 1.04 bits per heavy atom. The van der Waals surface area contributed by atoms with Crippen molar-refractivity contribution in [3.63, 3.8) is 0 Å². The number of likely N-dealkylation sites (tertiary alicyclic amines) is 1. The molecule has 0 aliphatic carbocycles. The van der Waals surface area contributed by atoms with E-state index < -0.39 is 10.0 Å². The molecule has 1 aromatic rings. The highest BCUT2D eigenvalue weighted by Gasteiger charge is 2.26. The molecular weight excluding hydrogens is 404 g/mol. The number of nitrogens with one attached hydrogen (secondary N) is 1. The number of hydrogen-bond acceptors (Lipinski definition) is 5. The molecule has 8 nitrogen and oxygen atoms in total. The highest BCUT2D eigenvalue weighted by molar-refractivity contribution is 7.88. The lowest BCUT2D eigenvalue weighted by Gasteiger charge is -2.33. The number of carbonyl (C=O) groups excluding carboxylic acids is 2. The molecule has 2 saturated heterocycles. The lowest BCUT2D eigenvalue weighted by molar-refractivity contribution is -0.130. The van der Waals surface area contributed by atoms with Gasteiger partial charge in [0.15, 0.2) is 0 Å². The largest absolute Gasteiger partial charge is 0.375 e. The molecule has 0 aromatic heterocycles. The standard InChI is InChI=1S/C18H25ClN4O4S/c1-28(26,27)23-10-8-21(9-11-23)17(24)13-20-16-12-14(19)4-5-15(16)18(25)22-6-2-3-7-22/h4-5,12,20H,2-3,6-11,13H2,1H3. The summed E-state index contributed by atoms with van der Waals surface area (Å²) in [6, 6.07) is 5.00. The van der Waals surface area contributed by atoms with Crippen LogP contribution >= 0.6 is 11.6 Å². The SMILES string of the molecule is CS(=O)(=O)N1CCN(C(=O)CNc2cc(Cl)ccc2C(=O)N2CCCC2)CC1. The first-order valence-electron chi connectivity index (χ1n) is 9.31. The summed E-state index contributed by atoms with van der Waals surface area (Å²) in [6.45, 7) is 2.78. The fraction of sp³-hybridized carbons (Fsp3) is 0.556. The fourth-order valence-corrected chi connectivity index (χ4v) is 4.49. The smallest absolute Gasteiger partial charge is 0.255 e. The van der Waals surface area contributed by atoms with E-state index in [1.165, 1.54) is 10.6 Å². The number of anilines is 1. The van der Waals surface area contributed by atoms with Crippen LogP contribution in [0.15, 0.2) is 18.2 Å². The van der Waals surface area contributed by atoms with Gasteiger partial charge in [0.2, 0.25) is 15.9 Å². The Morgan fingerprint density at radius 2 is 1.68 bits per heavy atom. The second-order valence-corrected chi connectivity index (χ2v) is 9.50. The van der Waals surface area contributed by atoms with Crippen LogP contribution in [-0.4, -0.2) is 86.4 Å². The number of amides is 2. The topological polar surface area (TPSA) is 90.0 Å². The van der Waals surface area contributed by atoms with E-state index in [2.05, 4.69) is 5.32 Å². The first kappa shape index (κ1) is 20.9. The summed E-state index contributed by atoms with van der Waals surface area (Å²) in [5.41, 5.74) is 1.04. The quantitative estimate of drug-likeness (QED) is 0.758. The molecule has 1 aromatic carbocycles. The van der Waals surface area contributed by atoms with Crippen LogP contribution < -0.4 is 5.32 Å². The summed E-state index contributed by atoms with van der Waals surface area (Å²) in [6.07, 6.45) is 3.17. The highest BCUT2D eigenvalue weighted by atomic mass is 35.5. The minimum absolute atomic E-state index is 0.0134. The number of rotatable bonds is 5. The molecule has 0 unspecified atom stereocenters. The molecular formula is C18H25ClN4O4S. The van der Waals surface area contributed by atoms with Crippen LogP contribution in [0.2, 0.25) is 5.02 Å². The van der Waals surface area contributed by atoms with Gasteiger partial charge in [-0.15, -0.1) is 0 Å².